The standard InChI is InChI=1S/C28H38O19.C26H35BrO17/c1-11(29)37-9-19-21(39-13(3)31)23(40-14(4)32)26(43-17(7)35)28(46-19)47-22-20(10-38-12(2)30)45-27(44-18(8)36)25(42-16(6)34)24(22)41-15(5)33;1-10(28)35-8-17-20(21(38-13(4)31)23(25(27)42-17)40-15(6)33)44-26-24(41-16(7)34)22(39-14(5)32)19(37-12(3)30)18(43-26)9-36-11(2)29/h19-28H,9-10H2,1-8H3;17-26H,8-9H2,1-7H3. The van der Waals surface area contributed by atoms with E-state index in [4.69, 9.17) is 99.5 Å². The minimum Gasteiger partial charge on any atom is -0.463 e. The maximum absolute atomic E-state index is 12.3. The average Bonchev–Trinajstić information content (AvgIpc) is 0.815. The highest BCUT2D eigenvalue weighted by Gasteiger charge is 2.60. The maximum Gasteiger partial charge on any atom is 0.305 e. The van der Waals surface area contributed by atoms with Gasteiger partial charge in [-0.3, -0.25) is 71.9 Å². The van der Waals surface area contributed by atoms with Crippen LogP contribution in [-0.4, -0.2) is 238 Å². The molecule has 0 bridgehead atoms. The van der Waals surface area contributed by atoms with Crippen molar-refractivity contribution in [2.45, 2.75) is 225 Å². The van der Waals surface area contributed by atoms with Gasteiger partial charge in [0.2, 0.25) is 12.4 Å². The molecular formula is C54H73BrO36. The van der Waals surface area contributed by atoms with Gasteiger partial charge in [0, 0.05) is 104 Å². The van der Waals surface area contributed by atoms with E-state index in [1.54, 1.807) is 0 Å². The lowest BCUT2D eigenvalue weighted by Crippen LogP contribution is -2.67. The summed E-state index contributed by atoms with van der Waals surface area (Å²) < 4.78 is 115. The molecule has 0 radical (unpaired) electrons. The molecule has 0 aromatic heterocycles. The highest BCUT2D eigenvalue weighted by Crippen LogP contribution is 2.38. The molecule has 4 rings (SSSR count). The van der Waals surface area contributed by atoms with Gasteiger partial charge in [-0.05, 0) is 0 Å². The van der Waals surface area contributed by atoms with Crippen LogP contribution >= 0.6 is 15.9 Å². The van der Waals surface area contributed by atoms with Gasteiger partial charge in [0.25, 0.3) is 0 Å². The van der Waals surface area contributed by atoms with Crippen molar-refractivity contribution in [3.05, 3.63) is 0 Å². The van der Waals surface area contributed by atoms with Crippen molar-refractivity contribution >= 4 is 105 Å². The zero-order chi connectivity index (χ0) is 68.9. The molecule has 0 amide bonds. The molecule has 36 nitrogen and oxygen atoms in total. The second-order valence-electron chi connectivity index (χ2n) is 19.9. The lowest BCUT2D eigenvalue weighted by Gasteiger charge is -2.48. The third-order valence-corrected chi connectivity index (χ3v) is 12.8. The fourth-order valence-electron chi connectivity index (χ4n) is 9.19. The minimum atomic E-state index is -1.83. The van der Waals surface area contributed by atoms with Gasteiger partial charge in [-0.15, -0.1) is 0 Å². The quantitative estimate of drug-likeness (QED) is 0.0684. The Bertz CT molecular complexity index is 2640. The van der Waals surface area contributed by atoms with E-state index in [0.717, 1.165) is 104 Å². The molecule has 0 aliphatic carbocycles. The third-order valence-electron chi connectivity index (χ3n) is 12.0. The van der Waals surface area contributed by atoms with Crippen molar-refractivity contribution in [3.63, 3.8) is 0 Å². The van der Waals surface area contributed by atoms with E-state index in [2.05, 4.69) is 15.9 Å². The van der Waals surface area contributed by atoms with Crippen molar-refractivity contribution in [2.24, 2.45) is 0 Å². The van der Waals surface area contributed by atoms with Gasteiger partial charge in [0.1, 0.15) is 63.1 Å². The van der Waals surface area contributed by atoms with E-state index >= 15 is 0 Å². The first kappa shape index (κ1) is 77.5. The fraction of sp³-hybridized carbons (Fsp3) is 0.722. The van der Waals surface area contributed by atoms with Crippen LogP contribution in [0.5, 0.6) is 0 Å². The van der Waals surface area contributed by atoms with Crippen LogP contribution in [0.15, 0.2) is 0 Å². The van der Waals surface area contributed by atoms with Crippen LogP contribution in [0, 0.1) is 0 Å². The zero-order valence-corrected chi connectivity index (χ0v) is 53.5. The van der Waals surface area contributed by atoms with Gasteiger partial charge in [0.15, 0.2) is 72.5 Å². The summed E-state index contributed by atoms with van der Waals surface area (Å²) >= 11 is 3.23. The molecule has 0 spiro atoms. The van der Waals surface area contributed by atoms with Crippen molar-refractivity contribution in [3.8, 4) is 0 Å². The summed E-state index contributed by atoms with van der Waals surface area (Å²) in [4.78, 5) is 180. The molecule has 0 saturated carbocycles. The second-order valence-corrected chi connectivity index (χ2v) is 20.8. The molecule has 4 saturated heterocycles. The van der Waals surface area contributed by atoms with Gasteiger partial charge in [0.05, 0.1) is 0 Å². The number of rotatable bonds is 23. The maximum atomic E-state index is 12.3. The summed E-state index contributed by atoms with van der Waals surface area (Å²) in [5.74, 6) is -12.7. The Morgan fingerprint density at radius 3 is 0.703 bits per heavy atom. The van der Waals surface area contributed by atoms with E-state index in [9.17, 15) is 71.9 Å². The number of esters is 15. The Morgan fingerprint density at radius 2 is 0.429 bits per heavy atom. The first-order chi connectivity index (χ1) is 42.4. The normalized spacial score (nSPS) is 30.7. The highest BCUT2D eigenvalue weighted by atomic mass is 79.9. The van der Waals surface area contributed by atoms with Crippen LogP contribution in [0.25, 0.3) is 0 Å². The molecule has 0 aromatic carbocycles. The summed E-state index contributed by atoms with van der Waals surface area (Å²) in [6, 6.07) is 0. The summed E-state index contributed by atoms with van der Waals surface area (Å²) in [5, 5.41) is -1.09. The van der Waals surface area contributed by atoms with E-state index in [1.165, 1.54) is 0 Å². The Morgan fingerprint density at radius 1 is 0.231 bits per heavy atom. The minimum absolute atomic E-state index is 0.460. The predicted molar refractivity (Wildman–Crippen MR) is 287 cm³/mol. The predicted octanol–water partition coefficient (Wildman–Crippen LogP) is -0.830. The van der Waals surface area contributed by atoms with Crippen LogP contribution in [0.3, 0.4) is 0 Å². The van der Waals surface area contributed by atoms with E-state index in [-0.39, 0.29) is 0 Å². The Labute approximate surface area is 527 Å². The molecular weight excluding hydrogens is 1300 g/mol. The van der Waals surface area contributed by atoms with Crippen LogP contribution in [-0.2, 0) is 171 Å². The molecule has 37 heteroatoms. The summed E-state index contributed by atoms with van der Waals surface area (Å²) in [6.45, 7) is 13.6. The van der Waals surface area contributed by atoms with Gasteiger partial charge in [-0.2, -0.15) is 0 Å². The third kappa shape index (κ3) is 25.5. The number of alkyl halides is 1. The van der Waals surface area contributed by atoms with Crippen molar-refractivity contribution in [1.82, 2.24) is 0 Å². The smallest absolute Gasteiger partial charge is 0.305 e. The molecule has 20 atom stereocenters. The average molecular weight is 1380 g/mol. The Hall–Kier alpha value is -7.71. The van der Waals surface area contributed by atoms with Gasteiger partial charge < -0.3 is 99.5 Å². The topological polar surface area (TPSA) is 450 Å². The van der Waals surface area contributed by atoms with E-state index in [0.29, 0.717) is 0 Å². The number of ether oxygens (including phenoxy) is 21. The van der Waals surface area contributed by atoms with Crippen molar-refractivity contribution in [1.29, 1.82) is 0 Å². The second kappa shape index (κ2) is 36.4. The lowest BCUT2D eigenvalue weighted by atomic mass is 9.96. The number of carbonyl (C=O) groups is 15. The zero-order valence-electron chi connectivity index (χ0n) is 52.0. The molecule has 0 aromatic rings. The van der Waals surface area contributed by atoms with E-state index < -0.39 is 238 Å². The van der Waals surface area contributed by atoms with Gasteiger partial charge in [-0.25, -0.2) is 0 Å². The molecule has 4 heterocycles. The number of halogens is 1. The molecule has 4 fully saturated rings. The summed E-state index contributed by atoms with van der Waals surface area (Å²) in [5.41, 5.74) is 0. The van der Waals surface area contributed by atoms with Crippen molar-refractivity contribution < 1.29 is 171 Å². The lowest BCUT2D eigenvalue weighted by molar-refractivity contribution is -0.357. The van der Waals surface area contributed by atoms with Crippen molar-refractivity contribution in [2.75, 3.05) is 26.4 Å². The van der Waals surface area contributed by atoms with Crippen LogP contribution in [0.1, 0.15) is 104 Å². The number of hydrogen-bond acceptors (Lipinski definition) is 36. The largest absolute Gasteiger partial charge is 0.463 e. The molecule has 512 valence electrons. The molecule has 4 aliphatic rings. The molecule has 0 N–H and O–H groups in total. The van der Waals surface area contributed by atoms with Crippen LogP contribution in [0.4, 0.5) is 0 Å². The first-order valence-corrected chi connectivity index (χ1v) is 28.3. The van der Waals surface area contributed by atoms with Crippen LogP contribution in [0.2, 0.25) is 0 Å². The fourth-order valence-corrected chi connectivity index (χ4v) is 9.88. The molecule has 20 unspecified atom stereocenters. The Kier molecular flexibility index (Phi) is 31.0. The monoisotopic (exact) mass is 1380 g/mol. The number of carbonyl (C=O) groups excluding carboxylic acids is 15. The SMILES string of the molecule is CC(=O)OCC1OC(Br)C(OC(C)=O)C(OC(C)=O)C1OC1OC(COC(C)=O)C(OC(C)=O)C(OC(C)=O)C1OC(C)=O.CC(=O)OCC1OC(OC2C(COC(C)=O)OC(OC(C)=O)C(OC(C)=O)C2OC(C)=O)C(OC(C)=O)C(OC(C)=O)C1OC(C)=O. The van der Waals surface area contributed by atoms with Crippen LogP contribution < -0.4 is 0 Å². The summed E-state index contributed by atoms with van der Waals surface area (Å²) in [7, 11) is 0. The number of hydrogen-bond donors (Lipinski definition) is 0. The first-order valence-electron chi connectivity index (χ1n) is 27.4. The Balaban J connectivity index is 0.000000476. The highest BCUT2D eigenvalue weighted by molar-refractivity contribution is 9.09. The molecule has 91 heavy (non-hydrogen) atoms. The van der Waals surface area contributed by atoms with Gasteiger partial charge in [-0.1, -0.05) is 15.9 Å². The van der Waals surface area contributed by atoms with Gasteiger partial charge >= 0.3 is 89.5 Å². The van der Waals surface area contributed by atoms with E-state index in [1.807, 2.05) is 0 Å². The summed E-state index contributed by atoms with van der Waals surface area (Å²) in [6.07, 6.45) is -29.6. The molecule has 4 aliphatic heterocycles.